The van der Waals surface area contributed by atoms with Gasteiger partial charge in [0.1, 0.15) is 11.4 Å². The molecular formula is C20H18FN3O2S. The van der Waals surface area contributed by atoms with Gasteiger partial charge in [-0.15, -0.1) is 11.3 Å². The van der Waals surface area contributed by atoms with Crippen molar-refractivity contribution in [3.05, 3.63) is 75.6 Å². The standard InChI is InChI=1S/C20H18FN3O2S/c21-14-3-5-15(6-4-14)23-9-11-24(12-10-23)20(26)16-7-8-17(22-19(16)25)18-2-1-13-27-18/h1-8,13H,9-12H2,(H,22,25). The fraction of sp³-hybridized carbons (Fsp3) is 0.200. The molecule has 1 fully saturated rings. The second kappa shape index (κ2) is 7.36. The van der Waals surface area contributed by atoms with Crippen molar-refractivity contribution in [2.75, 3.05) is 31.1 Å². The maximum Gasteiger partial charge on any atom is 0.261 e. The van der Waals surface area contributed by atoms with Gasteiger partial charge in [0.25, 0.3) is 11.5 Å². The molecule has 1 amide bonds. The molecule has 138 valence electrons. The lowest BCUT2D eigenvalue weighted by Gasteiger charge is -2.36. The monoisotopic (exact) mass is 383 g/mol. The highest BCUT2D eigenvalue weighted by molar-refractivity contribution is 7.13. The molecule has 0 radical (unpaired) electrons. The SMILES string of the molecule is O=C(c1ccc(-c2cccs2)[nH]c1=O)N1CCN(c2ccc(F)cc2)CC1. The Morgan fingerprint density at radius 2 is 1.74 bits per heavy atom. The normalized spacial score (nSPS) is 14.4. The van der Waals surface area contributed by atoms with Crippen molar-refractivity contribution < 1.29 is 9.18 Å². The van der Waals surface area contributed by atoms with Crippen molar-refractivity contribution in [1.29, 1.82) is 0 Å². The van der Waals surface area contributed by atoms with Crippen LogP contribution in [0.15, 0.2) is 58.7 Å². The molecule has 0 spiro atoms. The number of nitrogens with zero attached hydrogens (tertiary/aromatic N) is 2. The smallest absolute Gasteiger partial charge is 0.261 e. The lowest BCUT2D eigenvalue weighted by Crippen LogP contribution is -2.49. The zero-order valence-corrected chi connectivity index (χ0v) is 15.3. The van der Waals surface area contributed by atoms with Crippen molar-refractivity contribution >= 4 is 22.9 Å². The van der Waals surface area contributed by atoms with E-state index in [-0.39, 0.29) is 22.8 Å². The highest BCUT2D eigenvalue weighted by Crippen LogP contribution is 2.22. The highest BCUT2D eigenvalue weighted by atomic mass is 32.1. The number of carbonyl (C=O) groups excluding carboxylic acids is 1. The molecular weight excluding hydrogens is 365 g/mol. The number of H-pyrrole nitrogens is 1. The summed E-state index contributed by atoms with van der Waals surface area (Å²) >= 11 is 1.53. The minimum atomic E-state index is -0.369. The lowest BCUT2D eigenvalue weighted by molar-refractivity contribution is 0.0745. The van der Waals surface area contributed by atoms with Crippen LogP contribution in [0.2, 0.25) is 0 Å². The molecule has 2 aromatic heterocycles. The van der Waals surface area contributed by atoms with Gasteiger partial charge in [-0.25, -0.2) is 4.39 Å². The number of hydrogen-bond acceptors (Lipinski definition) is 4. The second-order valence-electron chi connectivity index (χ2n) is 6.35. The first-order valence-electron chi connectivity index (χ1n) is 8.69. The highest BCUT2D eigenvalue weighted by Gasteiger charge is 2.24. The summed E-state index contributed by atoms with van der Waals surface area (Å²) in [6.07, 6.45) is 0. The molecule has 1 saturated heterocycles. The first-order chi connectivity index (χ1) is 13.1. The van der Waals surface area contributed by atoms with E-state index in [0.717, 1.165) is 10.6 Å². The quantitative estimate of drug-likeness (QED) is 0.756. The van der Waals surface area contributed by atoms with Crippen LogP contribution in [-0.4, -0.2) is 42.0 Å². The first kappa shape index (κ1) is 17.5. The second-order valence-corrected chi connectivity index (χ2v) is 7.30. The first-order valence-corrected chi connectivity index (χ1v) is 9.57. The molecule has 1 aliphatic heterocycles. The molecule has 3 heterocycles. The van der Waals surface area contributed by atoms with E-state index in [9.17, 15) is 14.0 Å². The van der Waals surface area contributed by atoms with Crippen LogP contribution in [0.1, 0.15) is 10.4 Å². The number of rotatable bonds is 3. The summed E-state index contributed by atoms with van der Waals surface area (Å²) in [4.78, 5) is 32.7. The number of piperazine rings is 1. The van der Waals surface area contributed by atoms with Gasteiger partial charge in [-0.05, 0) is 47.8 Å². The number of nitrogens with one attached hydrogen (secondary N) is 1. The van der Waals surface area contributed by atoms with Crippen LogP contribution < -0.4 is 10.5 Å². The minimum absolute atomic E-state index is 0.158. The number of amides is 1. The van der Waals surface area contributed by atoms with E-state index in [0.29, 0.717) is 31.9 Å². The third kappa shape index (κ3) is 3.64. The van der Waals surface area contributed by atoms with Gasteiger partial charge in [-0.2, -0.15) is 0 Å². The van der Waals surface area contributed by atoms with Crippen LogP contribution >= 0.6 is 11.3 Å². The average Bonchev–Trinajstić information content (AvgIpc) is 3.23. The minimum Gasteiger partial charge on any atom is -0.368 e. The number of pyridine rings is 1. The third-order valence-electron chi connectivity index (χ3n) is 4.69. The Hall–Kier alpha value is -2.93. The zero-order chi connectivity index (χ0) is 18.8. The van der Waals surface area contributed by atoms with E-state index in [4.69, 9.17) is 0 Å². The Bertz CT molecular complexity index is 991. The number of carbonyl (C=O) groups is 1. The van der Waals surface area contributed by atoms with Gasteiger partial charge >= 0.3 is 0 Å². The molecule has 0 saturated carbocycles. The summed E-state index contributed by atoms with van der Waals surface area (Å²) in [6.45, 7) is 2.32. The van der Waals surface area contributed by atoms with Gasteiger partial charge in [0.05, 0.1) is 10.6 Å². The number of hydrogen-bond donors (Lipinski definition) is 1. The Morgan fingerprint density at radius 3 is 2.37 bits per heavy atom. The Morgan fingerprint density at radius 1 is 1.00 bits per heavy atom. The van der Waals surface area contributed by atoms with E-state index >= 15 is 0 Å². The molecule has 1 aliphatic rings. The molecule has 1 N–H and O–H groups in total. The zero-order valence-electron chi connectivity index (χ0n) is 14.5. The van der Waals surface area contributed by atoms with E-state index < -0.39 is 0 Å². The van der Waals surface area contributed by atoms with E-state index in [2.05, 4.69) is 9.88 Å². The molecule has 3 aromatic rings. The molecule has 27 heavy (non-hydrogen) atoms. The molecule has 4 rings (SSSR count). The summed E-state index contributed by atoms with van der Waals surface area (Å²) in [5.41, 5.74) is 1.44. The van der Waals surface area contributed by atoms with Crippen LogP contribution in [0.25, 0.3) is 10.6 Å². The molecule has 7 heteroatoms. The van der Waals surface area contributed by atoms with Crippen LogP contribution in [0.3, 0.4) is 0 Å². The van der Waals surface area contributed by atoms with E-state index in [1.165, 1.54) is 23.5 Å². The van der Waals surface area contributed by atoms with Gasteiger partial charge in [0, 0.05) is 31.9 Å². The Balaban J connectivity index is 1.45. The van der Waals surface area contributed by atoms with Crippen molar-refractivity contribution in [2.24, 2.45) is 0 Å². The molecule has 1 aromatic carbocycles. The number of aromatic amines is 1. The largest absolute Gasteiger partial charge is 0.368 e. The van der Waals surface area contributed by atoms with Crippen LogP contribution in [0.5, 0.6) is 0 Å². The molecule has 0 unspecified atom stereocenters. The predicted octanol–water partition coefficient (Wildman–Crippen LogP) is 3.20. The molecule has 0 atom stereocenters. The number of halogens is 1. The summed E-state index contributed by atoms with van der Waals surface area (Å²) in [5, 5.41) is 1.94. The molecule has 0 bridgehead atoms. The van der Waals surface area contributed by atoms with Gasteiger partial charge < -0.3 is 14.8 Å². The average molecular weight is 383 g/mol. The van der Waals surface area contributed by atoms with E-state index in [1.54, 1.807) is 29.2 Å². The molecule has 0 aliphatic carbocycles. The van der Waals surface area contributed by atoms with Gasteiger partial charge in [0.15, 0.2) is 0 Å². The fourth-order valence-corrected chi connectivity index (χ4v) is 3.91. The van der Waals surface area contributed by atoms with Gasteiger partial charge in [-0.3, -0.25) is 9.59 Å². The summed E-state index contributed by atoms with van der Waals surface area (Å²) < 4.78 is 13.1. The molecule has 5 nitrogen and oxygen atoms in total. The lowest BCUT2D eigenvalue weighted by atomic mass is 10.2. The van der Waals surface area contributed by atoms with Gasteiger partial charge in [-0.1, -0.05) is 6.07 Å². The third-order valence-corrected chi connectivity index (χ3v) is 5.59. The number of benzene rings is 1. The van der Waals surface area contributed by atoms with Crippen molar-refractivity contribution in [1.82, 2.24) is 9.88 Å². The Labute approximate surface area is 159 Å². The van der Waals surface area contributed by atoms with E-state index in [1.807, 2.05) is 17.5 Å². The number of thiophene rings is 1. The number of anilines is 1. The van der Waals surface area contributed by atoms with Crippen LogP contribution in [0, 0.1) is 5.82 Å². The fourth-order valence-electron chi connectivity index (χ4n) is 3.21. The maximum atomic E-state index is 13.1. The van der Waals surface area contributed by atoms with Crippen LogP contribution in [0.4, 0.5) is 10.1 Å². The summed E-state index contributed by atoms with van der Waals surface area (Å²) in [5.74, 6) is -0.523. The van der Waals surface area contributed by atoms with Crippen LogP contribution in [-0.2, 0) is 0 Å². The maximum absolute atomic E-state index is 13.1. The summed E-state index contributed by atoms with van der Waals surface area (Å²) in [7, 11) is 0. The predicted molar refractivity (Wildman–Crippen MR) is 105 cm³/mol. The van der Waals surface area contributed by atoms with Crippen molar-refractivity contribution in [3.63, 3.8) is 0 Å². The summed E-state index contributed by atoms with van der Waals surface area (Å²) in [6, 6.07) is 13.5. The van der Waals surface area contributed by atoms with Gasteiger partial charge in [0.2, 0.25) is 0 Å². The Kier molecular flexibility index (Phi) is 4.77. The topological polar surface area (TPSA) is 56.4 Å². The van der Waals surface area contributed by atoms with Crippen molar-refractivity contribution in [2.45, 2.75) is 0 Å². The van der Waals surface area contributed by atoms with Crippen molar-refractivity contribution in [3.8, 4) is 10.6 Å². The number of aromatic nitrogens is 1.